The van der Waals surface area contributed by atoms with Crippen LogP contribution in [-0.2, 0) is 17.8 Å². The summed E-state index contributed by atoms with van der Waals surface area (Å²) in [4.78, 5) is 29.9. The Morgan fingerprint density at radius 2 is 2.15 bits per heavy atom. The van der Waals surface area contributed by atoms with E-state index in [9.17, 15) is 18.4 Å². The standard InChI is InChI=1S/C24H23F2N5O2/c25-24(26)10-20(11-27)31(15-24)22(32)14-30-23(33)21-6-8-29-13-19(21)4-2-16-1-3-18-12-28-7-5-17(18)9-16/h1-4,6,8-9,13,20,28H,5,7,10,12,14-15H2,(H,30,33). The van der Waals surface area contributed by atoms with Crippen LogP contribution < -0.4 is 10.6 Å². The molecule has 0 saturated carbocycles. The first-order valence-corrected chi connectivity index (χ1v) is 10.7. The summed E-state index contributed by atoms with van der Waals surface area (Å²) in [6.07, 6.45) is 6.95. The normalized spacial score (nSPS) is 19.2. The van der Waals surface area contributed by atoms with Gasteiger partial charge in [0.05, 0.1) is 19.2 Å². The molecule has 1 atom stereocenters. The number of nitriles is 1. The number of likely N-dealkylation sites (tertiary alicyclic amines) is 1. The third-order valence-electron chi connectivity index (χ3n) is 5.81. The van der Waals surface area contributed by atoms with Crippen LogP contribution >= 0.6 is 0 Å². The van der Waals surface area contributed by atoms with E-state index in [-0.39, 0.29) is 0 Å². The topological polar surface area (TPSA) is 98.1 Å². The molecule has 9 heteroatoms. The Morgan fingerprint density at radius 1 is 1.30 bits per heavy atom. The van der Waals surface area contributed by atoms with E-state index < -0.39 is 43.3 Å². The van der Waals surface area contributed by atoms with Gasteiger partial charge in [0.25, 0.3) is 11.8 Å². The number of hydrogen-bond acceptors (Lipinski definition) is 5. The molecule has 1 fully saturated rings. The lowest BCUT2D eigenvalue weighted by atomic mass is 9.98. The maximum Gasteiger partial charge on any atom is 0.268 e. The predicted octanol–water partition coefficient (Wildman–Crippen LogP) is 2.39. The Morgan fingerprint density at radius 3 is 2.97 bits per heavy atom. The molecule has 0 spiro atoms. The fraction of sp³-hybridized carbons (Fsp3) is 0.333. The molecule has 33 heavy (non-hydrogen) atoms. The quantitative estimate of drug-likeness (QED) is 0.728. The summed E-state index contributed by atoms with van der Waals surface area (Å²) in [5.41, 5.74) is 4.43. The van der Waals surface area contributed by atoms with Crippen molar-refractivity contribution >= 4 is 24.0 Å². The Hall–Kier alpha value is -3.64. The van der Waals surface area contributed by atoms with E-state index in [4.69, 9.17) is 5.26 Å². The van der Waals surface area contributed by atoms with Gasteiger partial charge in [0.2, 0.25) is 5.91 Å². The fourth-order valence-electron chi connectivity index (χ4n) is 4.08. The average molecular weight is 451 g/mol. The lowest BCUT2D eigenvalue weighted by Gasteiger charge is -2.19. The first kappa shape index (κ1) is 22.6. The number of carbonyl (C=O) groups excluding carboxylic acids is 2. The second-order valence-electron chi connectivity index (χ2n) is 8.16. The molecule has 170 valence electrons. The number of pyridine rings is 1. The number of amides is 2. The minimum Gasteiger partial charge on any atom is -0.343 e. The van der Waals surface area contributed by atoms with Gasteiger partial charge in [0, 0.05) is 36.5 Å². The maximum atomic E-state index is 13.6. The van der Waals surface area contributed by atoms with Crippen LogP contribution in [0.4, 0.5) is 8.78 Å². The summed E-state index contributed by atoms with van der Waals surface area (Å²) in [6, 6.07) is 8.27. The highest BCUT2D eigenvalue weighted by molar-refractivity contribution is 6.00. The van der Waals surface area contributed by atoms with Gasteiger partial charge < -0.3 is 15.5 Å². The number of hydrogen-bond donors (Lipinski definition) is 2. The van der Waals surface area contributed by atoms with E-state index in [0.29, 0.717) is 11.1 Å². The second kappa shape index (κ2) is 9.46. The van der Waals surface area contributed by atoms with Crippen molar-refractivity contribution in [2.24, 2.45) is 0 Å². The molecule has 3 heterocycles. The second-order valence-corrected chi connectivity index (χ2v) is 8.16. The van der Waals surface area contributed by atoms with Crippen LogP contribution in [0.1, 0.15) is 39.0 Å². The van der Waals surface area contributed by atoms with Gasteiger partial charge in [-0.05, 0) is 35.7 Å². The van der Waals surface area contributed by atoms with E-state index in [0.717, 1.165) is 30.0 Å². The van der Waals surface area contributed by atoms with Crippen molar-refractivity contribution in [2.75, 3.05) is 19.6 Å². The van der Waals surface area contributed by atoms with Gasteiger partial charge in [-0.3, -0.25) is 14.6 Å². The number of halogens is 2. The van der Waals surface area contributed by atoms with E-state index in [1.165, 1.54) is 23.4 Å². The number of fused-ring (bicyclic) bond motifs is 1. The first-order valence-electron chi connectivity index (χ1n) is 10.7. The van der Waals surface area contributed by atoms with Gasteiger partial charge >= 0.3 is 0 Å². The molecule has 2 aromatic rings. The molecule has 1 aromatic heterocycles. The van der Waals surface area contributed by atoms with Gasteiger partial charge in [0.1, 0.15) is 6.04 Å². The minimum absolute atomic E-state index is 0.305. The van der Waals surface area contributed by atoms with Crippen molar-refractivity contribution < 1.29 is 18.4 Å². The van der Waals surface area contributed by atoms with Crippen LogP contribution in [0.15, 0.2) is 36.7 Å². The third kappa shape index (κ3) is 5.23. The molecule has 0 radical (unpaired) electrons. The van der Waals surface area contributed by atoms with Gasteiger partial charge in [0.15, 0.2) is 0 Å². The summed E-state index contributed by atoms with van der Waals surface area (Å²) in [5.74, 6) is -4.35. The molecule has 1 aromatic carbocycles. The number of aromatic nitrogens is 1. The molecule has 1 saturated heterocycles. The maximum absolute atomic E-state index is 13.6. The van der Waals surface area contributed by atoms with Crippen molar-refractivity contribution in [2.45, 2.75) is 31.4 Å². The van der Waals surface area contributed by atoms with E-state index >= 15 is 0 Å². The van der Waals surface area contributed by atoms with Crippen molar-refractivity contribution in [3.63, 3.8) is 0 Å². The zero-order valence-electron chi connectivity index (χ0n) is 17.9. The Bertz CT molecular complexity index is 1140. The smallest absolute Gasteiger partial charge is 0.268 e. The number of nitrogens with zero attached hydrogens (tertiary/aromatic N) is 3. The Labute approximate surface area is 190 Å². The summed E-state index contributed by atoms with van der Waals surface area (Å²) in [6.45, 7) is 0.503. The highest BCUT2D eigenvalue weighted by atomic mass is 19.3. The van der Waals surface area contributed by atoms with Gasteiger partial charge in [-0.15, -0.1) is 0 Å². The van der Waals surface area contributed by atoms with Crippen LogP contribution in [0.5, 0.6) is 0 Å². The molecule has 2 aliphatic heterocycles. The predicted molar refractivity (Wildman–Crippen MR) is 118 cm³/mol. The van der Waals surface area contributed by atoms with Crippen LogP contribution in [0.2, 0.25) is 0 Å². The van der Waals surface area contributed by atoms with Crippen LogP contribution in [0, 0.1) is 11.3 Å². The summed E-state index contributed by atoms with van der Waals surface area (Å²) in [5, 5.41) is 14.9. The summed E-state index contributed by atoms with van der Waals surface area (Å²) < 4.78 is 27.2. The number of rotatable bonds is 5. The SMILES string of the molecule is N#CC1CC(F)(F)CN1C(=O)CNC(=O)c1ccncc1C=Cc1ccc2c(c1)CCNC2. The molecular formula is C24H23F2N5O2. The molecule has 4 rings (SSSR count). The highest BCUT2D eigenvalue weighted by Gasteiger charge is 2.47. The molecule has 7 nitrogen and oxygen atoms in total. The number of benzene rings is 1. The number of carbonyl (C=O) groups is 2. The largest absolute Gasteiger partial charge is 0.343 e. The van der Waals surface area contributed by atoms with Crippen LogP contribution in [0.3, 0.4) is 0 Å². The minimum atomic E-state index is -3.10. The van der Waals surface area contributed by atoms with Gasteiger partial charge in [-0.1, -0.05) is 30.4 Å². The molecule has 2 amide bonds. The zero-order valence-corrected chi connectivity index (χ0v) is 17.9. The molecule has 0 aliphatic carbocycles. The Kier molecular flexibility index (Phi) is 6.47. The van der Waals surface area contributed by atoms with Crippen molar-refractivity contribution in [1.82, 2.24) is 20.5 Å². The number of alkyl halides is 2. The van der Waals surface area contributed by atoms with Gasteiger partial charge in [-0.2, -0.15) is 5.26 Å². The van der Waals surface area contributed by atoms with E-state index in [2.05, 4.69) is 27.8 Å². The molecule has 0 bridgehead atoms. The fourth-order valence-corrected chi connectivity index (χ4v) is 4.08. The average Bonchev–Trinajstić information content (AvgIpc) is 3.15. The van der Waals surface area contributed by atoms with Crippen LogP contribution in [-0.4, -0.2) is 53.3 Å². The lowest BCUT2D eigenvalue weighted by molar-refractivity contribution is -0.131. The Balaban J connectivity index is 1.43. The van der Waals surface area contributed by atoms with Gasteiger partial charge in [-0.25, -0.2) is 8.78 Å². The molecule has 2 aliphatic rings. The van der Waals surface area contributed by atoms with Crippen molar-refractivity contribution in [3.05, 3.63) is 64.5 Å². The number of nitrogens with one attached hydrogen (secondary N) is 2. The summed E-state index contributed by atoms with van der Waals surface area (Å²) >= 11 is 0. The summed E-state index contributed by atoms with van der Waals surface area (Å²) in [7, 11) is 0. The van der Waals surface area contributed by atoms with Crippen molar-refractivity contribution in [1.29, 1.82) is 5.26 Å². The molecule has 2 N–H and O–H groups in total. The molecule has 1 unspecified atom stereocenters. The van der Waals surface area contributed by atoms with Crippen molar-refractivity contribution in [3.8, 4) is 6.07 Å². The molecular weight excluding hydrogens is 428 g/mol. The highest BCUT2D eigenvalue weighted by Crippen LogP contribution is 2.31. The van der Waals surface area contributed by atoms with E-state index in [1.807, 2.05) is 12.1 Å². The first-order chi connectivity index (χ1) is 15.9. The monoisotopic (exact) mass is 451 g/mol. The third-order valence-corrected chi connectivity index (χ3v) is 5.81. The zero-order chi connectivity index (χ0) is 23.4. The lowest BCUT2D eigenvalue weighted by Crippen LogP contribution is -2.43. The van der Waals surface area contributed by atoms with Crippen LogP contribution in [0.25, 0.3) is 12.2 Å². The van der Waals surface area contributed by atoms with E-state index in [1.54, 1.807) is 18.3 Å².